The summed E-state index contributed by atoms with van der Waals surface area (Å²) in [6.07, 6.45) is 5.00. The molecule has 0 aromatic carbocycles. The van der Waals surface area contributed by atoms with Crippen LogP contribution in [0.5, 0.6) is 0 Å². The average molecular weight is 262 g/mol. The molecule has 0 bridgehead atoms. The van der Waals surface area contributed by atoms with Crippen molar-refractivity contribution in [1.82, 2.24) is 10.2 Å². The zero-order valence-corrected chi connectivity index (χ0v) is 11.3. The first-order valence-corrected chi connectivity index (χ1v) is 7.70. The van der Waals surface area contributed by atoms with Crippen molar-refractivity contribution in [1.29, 1.82) is 0 Å². The fourth-order valence-electron chi connectivity index (χ4n) is 3.15. The van der Waals surface area contributed by atoms with Crippen LogP contribution < -0.4 is 5.32 Å². The molecule has 1 aromatic rings. The van der Waals surface area contributed by atoms with Crippen molar-refractivity contribution in [2.24, 2.45) is 5.41 Å². The maximum Gasteiger partial charge on any atom is 0.234 e. The van der Waals surface area contributed by atoms with E-state index in [-0.39, 0.29) is 5.91 Å². The van der Waals surface area contributed by atoms with Gasteiger partial charge in [-0.15, -0.1) is 11.3 Å². The van der Waals surface area contributed by atoms with Crippen molar-refractivity contribution in [3.8, 4) is 0 Å². The van der Waals surface area contributed by atoms with Crippen LogP contribution in [0.1, 0.15) is 29.7 Å². The summed E-state index contributed by atoms with van der Waals surface area (Å²) >= 11 is 1.85. The van der Waals surface area contributed by atoms with Crippen molar-refractivity contribution in [3.05, 3.63) is 21.9 Å². The van der Waals surface area contributed by atoms with Crippen LogP contribution in [0.2, 0.25) is 0 Å². The molecular weight excluding hydrogens is 244 g/mol. The Bertz CT molecular complexity index is 492. The van der Waals surface area contributed by atoms with Gasteiger partial charge >= 0.3 is 0 Å². The summed E-state index contributed by atoms with van der Waals surface area (Å²) < 4.78 is 0. The zero-order valence-electron chi connectivity index (χ0n) is 10.4. The first kappa shape index (κ1) is 11.0. The van der Waals surface area contributed by atoms with Crippen LogP contribution in [0.25, 0.3) is 0 Å². The van der Waals surface area contributed by atoms with Gasteiger partial charge in [0.2, 0.25) is 5.91 Å². The van der Waals surface area contributed by atoms with E-state index in [0.717, 1.165) is 19.5 Å². The highest BCUT2D eigenvalue weighted by Crippen LogP contribution is 2.65. The minimum absolute atomic E-state index is 0.224. The Hall–Kier alpha value is -0.870. The van der Waals surface area contributed by atoms with Gasteiger partial charge < -0.3 is 5.32 Å². The van der Waals surface area contributed by atoms with Crippen molar-refractivity contribution < 1.29 is 4.79 Å². The van der Waals surface area contributed by atoms with Crippen molar-refractivity contribution in [2.75, 3.05) is 13.1 Å². The normalized spacial score (nSPS) is 27.9. The zero-order chi connectivity index (χ0) is 12.2. The van der Waals surface area contributed by atoms with Gasteiger partial charge in [-0.2, -0.15) is 0 Å². The van der Waals surface area contributed by atoms with Crippen LogP contribution in [-0.2, 0) is 17.8 Å². The highest BCUT2D eigenvalue weighted by molar-refractivity contribution is 7.10. The van der Waals surface area contributed by atoms with Crippen LogP contribution in [0, 0.1) is 5.41 Å². The van der Waals surface area contributed by atoms with E-state index < -0.39 is 0 Å². The maximum absolute atomic E-state index is 12.0. The van der Waals surface area contributed by atoms with E-state index in [2.05, 4.69) is 21.7 Å². The molecule has 18 heavy (non-hydrogen) atoms. The maximum atomic E-state index is 12.0. The van der Waals surface area contributed by atoms with E-state index in [1.54, 1.807) is 0 Å². The minimum atomic E-state index is 0.224. The Labute approximate surface area is 111 Å². The lowest BCUT2D eigenvalue weighted by molar-refractivity contribution is -0.122. The van der Waals surface area contributed by atoms with E-state index in [1.807, 2.05) is 11.3 Å². The molecule has 4 heteroatoms. The summed E-state index contributed by atoms with van der Waals surface area (Å²) in [5, 5.41) is 5.36. The van der Waals surface area contributed by atoms with Gasteiger partial charge in [0.1, 0.15) is 0 Å². The third kappa shape index (κ3) is 1.88. The van der Waals surface area contributed by atoms with Crippen molar-refractivity contribution >= 4 is 17.2 Å². The topological polar surface area (TPSA) is 32.3 Å². The number of nitrogens with one attached hydrogen (secondary N) is 1. The number of hydrogen-bond donors (Lipinski definition) is 1. The third-order valence-corrected chi connectivity index (χ3v) is 5.69. The Morgan fingerprint density at radius 3 is 3.22 bits per heavy atom. The second-order valence-electron chi connectivity index (χ2n) is 6.02. The standard InChI is InChI=1S/C14H18N2OS/c17-13(15-12-7-14(12)3-4-14)9-16-5-1-11-10(8-16)2-6-18-11/h2,6,12H,1,3-5,7-9H2,(H,15,17). The van der Waals surface area contributed by atoms with Gasteiger partial charge in [-0.25, -0.2) is 0 Å². The molecule has 2 fully saturated rings. The SMILES string of the molecule is O=C(CN1CCc2sccc2C1)NC1CC12CC2. The third-order valence-electron chi connectivity index (χ3n) is 4.67. The van der Waals surface area contributed by atoms with Crippen LogP contribution >= 0.6 is 11.3 Å². The highest BCUT2D eigenvalue weighted by Gasteiger charge is 2.63. The number of amides is 1. The number of nitrogens with zero attached hydrogens (tertiary/aromatic N) is 1. The van der Waals surface area contributed by atoms with Gasteiger partial charge in [-0.05, 0) is 48.1 Å². The lowest BCUT2D eigenvalue weighted by Crippen LogP contribution is -2.40. The molecule has 1 aliphatic heterocycles. The first-order valence-electron chi connectivity index (χ1n) is 6.82. The quantitative estimate of drug-likeness (QED) is 0.900. The second-order valence-corrected chi connectivity index (χ2v) is 7.02. The fourth-order valence-corrected chi connectivity index (χ4v) is 4.04. The van der Waals surface area contributed by atoms with Gasteiger partial charge in [0.25, 0.3) is 0 Å². The van der Waals surface area contributed by atoms with E-state index in [0.29, 0.717) is 18.0 Å². The molecule has 3 nitrogen and oxygen atoms in total. The predicted octanol–water partition coefficient (Wildman–Crippen LogP) is 1.77. The van der Waals surface area contributed by atoms with Gasteiger partial charge in [-0.1, -0.05) is 0 Å². The Kier molecular flexibility index (Phi) is 2.33. The summed E-state index contributed by atoms with van der Waals surface area (Å²) in [7, 11) is 0. The summed E-state index contributed by atoms with van der Waals surface area (Å²) in [5.41, 5.74) is 1.99. The molecule has 0 radical (unpaired) electrons. The molecule has 1 aromatic heterocycles. The number of rotatable bonds is 3. The van der Waals surface area contributed by atoms with E-state index in [4.69, 9.17) is 0 Å². The van der Waals surface area contributed by atoms with Gasteiger partial charge in [0.15, 0.2) is 0 Å². The predicted molar refractivity (Wildman–Crippen MR) is 71.5 cm³/mol. The molecule has 2 saturated carbocycles. The number of carbonyl (C=O) groups is 1. The van der Waals surface area contributed by atoms with Crippen LogP contribution in [0.4, 0.5) is 0 Å². The number of carbonyl (C=O) groups excluding carboxylic acids is 1. The Morgan fingerprint density at radius 2 is 2.44 bits per heavy atom. The number of thiophene rings is 1. The molecule has 2 aliphatic carbocycles. The molecule has 96 valence electrons. The van der Waals surface area contributed by atoms with Crippen molar-refractivity contribution in [3.63, 3.8) is 0 Å². The Balaban J connectivity index is 1.31. The molecule has 2 heterocycles. The van der Waals surface area contributed by atoms with Crippen LogP contribution in [-0.4, -0.2) is 29.9 Å². The first-order chi connectivity index (χ1) is 8.75. The fraction of sp³-hybridized carbons (Fsp3) is 0.643. The Morgan fingerprint density at radius 1 is 1.56 bits per heavy atom. The van der Waals surface area contributed by atoms with Gasteiger partial charge in [0.05, 0.1) is 6.54 Å². The number of fused-ring (bicyclic) bond motifs is 1. The van der Waals surface area contributed by atoms with E-state index >= 15 is 0 Å². The monoisotopic (exact) mass is 262 g/mol. The van der Waals surface area contributed by atoms with E-state index in [1.165, 1.54) is 29.7 Å². The van der Waals surface area contributed by atoms with Gasteiger partial charge in [0, 0.05) is 24.0 Å². The molecule has 0 saturated heterocycles. The summed E-state index contributed by atoms with van der Waals surface area (Å²) in [6.45, 7) is 2.54. The van der Waals surface area contributed by atoms with E-state index in [9.17, 15) is 4.79 Å². The second kappa shape index (κ2) is 3.81. The molecule has 1 amide bonds. The number of hydrogen-bond acceptors (Lipinski definition) is 3. The van der Waals surface area contributed by atoms with Crippen LogP contribution in [0.3, 0.4) is 0 Å². The molecular formula is C14H18N2OS. The molecule has 1 unspecified atom stereocenters. The molecule has 1 atom stereocenters. The highest BCUT2D eigenvalue weighted by atomic mass is 32.1. The average Bonchev–Trinajstić information content (AvgIpc) is 3.20. The largest absolute Gasteiger partial charge is 0.352 e. The minimum Gasteiger partial charge on any atom is -0.352 e. The smallest absolute Gasteiger partial charge is 0.234 e. The molecule has 1 spiro atoms. The molecule has 4 rings (SSSR count). The van der Waals surface area contributed by atoms with Crippen LogP contribution in [0.15, 0.2) is 11.4 Å². The molecule has 1 N–H and O–H groups in total. The lowest BCUT2D eigenvalue weighted by atomic mass is 10.1. The summed E-state index contributed by atoms with van der Waals surface area (Å²) in [6, 6.07) is 2.70. The van der Waals surface area contributed by atoms with Crippen molar-refractivity contribution in [2.45, 2.75) is 38.3 Å². The summed E-state index contributed by atoms with van der Waals surface area (Å²) in [5.74, 6) is 0.224. The van der Waals surface area contributed by atoms with Gasteiger partial charge in [-0.3, -0.25) is 9.69 Å². The lowest BCUT2D eigenvalue weighted by Gasteiger charge is -2.26. The summed E-state index contributed by atoms with van der Waals surface area (Å²) in [4.78, 5) is 15.8. The molecule has 3 aliphatic rings.